The summed E-state index contributed by atoms with van der Waals surface area (Å²) in [6.07, 6.45) is 8.06. The number of nitrogens with one attached hydrogen (secondary N) is 2. The average molecular weight is 308 g/mol. The fourth-order valence-electron chi connectivity index (χ4n) is 2.88. The van der Waals surface area contributed by atoms with Crippen LogP contribution in [0.3, 0.4) is 0 Å². The molecule has 1 saturated carbocycles. The van der Waals surface area contributed by atoms with Gasteiger partial charge in [-0.1, -0.05) is 12.8 Å². The summed E-state index contributed by atoms with van der Waals surface area (Å²) in [5.41, 5.74) is 0.661. The first-order chi connectivity index (χ1) is 10.3. The normalized spacial score (nSPS) is 17.5. The van der Waals surface area contributed by atoms with Gasteiger partial charge < -0.3 is 15.4 Å². The zero-order valence-corrected chi connectivity index (χ0v) is 14.1. The molecule has 0 saturated heterocycles. The Kier molecular flexibility index (Phi) is 5.11. The average Bonchev–Trinajstić information content (AvgIpc) is 3.02. The van der Waals surface area contributed by atoms with Gasteiger partial charge in [-0.2, -0.15) is 5.10 Å². The van der Waals surface area contributed by atoms with Gasteiger partial charge in [-0.25, -0.2) is 4.79 Å². The number of hydrogen-bond donors (Lipinski definition) is 2. The van der Waals surface area contributed by atoms with Gasteiger partial charge in [0.25, 0.3) is 0 Å². The number of amides is 1. The van der Waals surface area contributed by atoms with Gasteiger partial charge >= 0.3 is 6.09 Å². The van der Waals surface area contributed by atoms with Crippen LogP contribution in [-0.2, 0) is 18.3 Å². The third-order valence-electron chi connectivity index (χ3n) is 3.96. The molecule has 1 aliphatic carbocycles. The van der Waals surface area contributed by atoms with E-state index in [1.165, 1.54) is 12.8 Å². The van der Waals surface area contributed by atoms with E-state index in [2.05, 4.69) is 15.7 Å². The number of aryl methyl sites for hydroxylation is 1. The lowest BCUT2D eigenvalue weighted by atomic mass is 9.97. The molecule has 2 rings (SSSR count). The molecule has 0 aliphatic heterocycles. The molecular formula is C16H28N4O2. The highest BCUT2D eigenvalue weighted by molar-refractivity contribution is 5.67. The van der Waals surface area contributed by atoms with E-state index in [1.54, 1.807) is 4.68 Å². The molecule has 1 fully saturated rings. The molecule has 1 aliphatic rings. The zero-order valence-electron chi connectivity index (χ0n) is 14.1. The largest absolute Gasteiger partial charge is 0.444 e. The van der Waals surface area contributed by atoms with Gasteiger partial charge in [0.1, 0.15) is 5.60 Å². The van der Waals surface area contributed by atoms with Crippen molar-refractivity contribution < 1.29 is 9.53 Å². The van der Waals surface area contributed by atoms with Gasteiger partial charge in [0.05, 0.1) is 6.20 Å². The number of ether oxygens (including phenoxy) is 1. The Morgan fingerprint density at radius 2 is 2.09 bits per heavy atom. The molecule has 2 N–H and O–H groups in total. The van der Waals surface area contributed by atoms with Gasteiger partial charge in [-0.3, -0.25) is 4.68 Å². The van der Waals surface area contributed by atoms with Crippen molar-refractivity contribution >= 4 is 6.09 Å². The lowest BCUT2D eigenvalue weighted by molar-refractivity contribution is 0.0509. The number of hydrogen-bond acceptors (Lipinski definition) is 4. The summed E-state index contributed by atoms with van der Waals surface area (Å²) >= 11 is 0. The van der Waals surface area contributed by atoms with Crippen LogP contribution in [0.2, 0.25) is 0 Å². The standard InChI is InChI=1S/C16H28N4O2/c1-15(2,3)22-14(21)17-12-16(7-5-6-8-16)18-9-13-10-19-20(4)11-13/h10-11,18H,5-9,12H2,1-4H3,(H,17,21). The minimum Gasteiger partial charge on any atom is -0.444 e. The number of nitrogens with zero attached hydrogens (tertiary/aromatic N) is 2. The molecule has 0 atom stereocenters. The minimum atomic E-state index is -0.462. The van der Waals surface area contributed by atoms with E-state index in [-0.39, 0.29) is 11.6 Å². The van der Waals surface area contributed by atoms with Crippen molar-refractivity contribution in [1.29, 1.82) is 0 Å². The monoisotopic (exact) mass is 308 g/mol. The summed E-state index contributed by atoms with van der Waals surface area (Å²) in [7, 11) is 1.92. The van der Waals surface area contributed by atoms with Crippen LogP contribution in [-0.4, -0.2) is 33.6 Å². The lowest BCUT2D eigenvalue weighted by Gasteiger charge is -2.31. The predicted molar refractivity (Wildman–Crippen MR) is 85.5 cm³/mol. The molecule has 6 heteroatoms. The van der Waals surface area contributed by atoms with Gasteiger partial charge in [0.15, 0.2) is 0 Å². The third kappa shape index (κ3) is 5.02. The quantitative estimate of drug-likeness (QED) is 0.876. The second-order valence-electron chi connectivity index (χ2n) is 7.22. The van der Waals surface area contributed by atoms with E-state index in [4.69, 9.17) is 4.74 Å². The minimum absolute atomic E-state index is 0.0350. The topological polar surface area (TPSA) is 68.2 Å². The van der Waals surface area contributed by atoms with Crippen molar-refractivity contribution in [2.75, 3.05) is 6.54 Å². The first-order valence-electron chi connectivity index (χ1n) is 7.97. The van der Waals surface area contributed by atoms with Gasteiger partial charge in [0, 0.05) is 37.4 Å². The molecule has 1 aromatic rings. The number of rotatable bonds is 5. The molecule has 1 amide bonds. The van der Waals surface area contributed by atoms with Crippen LogP contribution in [0.1, 0.15) is 52.0 Å². The molecule has 0 spiro atoms. The highest BCUT2D eigenvalue weighted by Crippen LogP contribution is 2.29. The fourth-order valence-corrected chi connectivity index (χ4v) is 2.88. The first kappa shape index (κ1) is 16.8. The number of alkyl carbamates (subject to hydrolysis) is 1. The molecule has 1 heterocycles. The second kappa shape index (κ2) is 6.69. The van der Waals surface area contributed by atoms with Gasteiger partial charge in [0.2, 0.25) is 0 Å². The molecule has 0 aromatic carbocycles. The molecule has 0 bridgehead atoms. The predicted octanol–water partition coefficient (Wildman–Crippen LogP) is 2.35. The van der Waals surface area contributed by atoms with Crippen LogP contribution in [0, 0.1) is 0 Å². The Labute approximate surface area is 132 Å². The highest BCUT2D eigenvalue weighted by atomic mass is 16.6. The van der Waals surface area contributed by atoms with E-state index in [0.29, 0.717) is 6.54 Å². The van der Waals surface area contributed by atoms with Gasteiger partial charge in [-0.15, -0.1) is 0 Å². The van der Waals surface area contributed by atoms with Crippen LogP contribution in [0.4, 0.5) is 4.79 Å². The number of carbonyl (C=O) groups is 1. The molecule has 22 heavy (non-hydrogen) atoms. The van der Waals surface area contributed by atoms with Crippen LogP contribution < -0.4 is 10.6 Å². The van der Waals surface area contributed by atoms with Crippen LogP contribution in [0.5, 0.6) is 0 Å². The molecule has 1 aromatic heterocycles. The van der Waals surface area contributed by atoms with Gasteiger partial charge in [-0.05, 0) is 33.6 Å². The Hall–Kier alpha value is -1.56. The lowest BCUT2D eigenvalue weighted by Crippen LogP contribution is -2.51. The maximum atomic E-state index is 11.9. The maximum Gasteiger partial charge on any atom is 0.407 e. The SMILES string of the molecule is Cn1cc(CNC2(CNC(=O)OC(C)(C)C)CCCC2)cn1. The van der Waals surface area contributed by atoms with Crippen LogP contribution in [0.25, 0.3) is 0 Å². The van der Waals surface area contributed by atoms with Crippen LogP contribution in [0.15, 0.2) is 12.4 Å². The molecule has 124 valence electrons. The molecule has 0 unspecified atom stereocenters. The van der Waals surface area contributed by atoms with Crippen molar-refractivity contribution in [2.24, 2.45) is 7.05 Å². The Morgan fingerprint density at radius 1 is 1.41 bits per heavy atom. The summed E-state index contributed by atoms with van der Waals surface area (Å²) in [5, 5.41) is 10.7. The Morgan fingerprint density at radius 3 is 2.64 bits per heavy atom. The van der Waals surface area contributed by atoms with Crippen molar-refractivity contribution in [3.8, 4) is 0 Å². The Balaban J connectivity index is 1.87. The van der Waals surface area contributed by atoms with E-state index in [9.17, 15) is 4.79 Å². The van der Waals surface area contributed by atoms with E-state index >= 15 is 0 Å². The molecular weight excluding hydrogens is 280 g/mol. The second-order valence-corrected chi connectivity index (χ2v) is 7.22. The fraction of sp³-hybridized carbons (Fsp3) is 0.750. The molecule has 6 nitrogen and oxygen atoms in total. The van der Waals surface area contributed by atoms with Crippen molar-refractivity contribution in [3.05, 3.63) is 18.0 Å². The Bertz CT molecular complexity index is 498. The summed E-state index contributed by atoms with van der Waals surface area (Å²) in [5.74, 6) is 0. The van der Waals surface area contributed by atoms with E-state index in [0.717, 1.165) is 24.9 Å². The molecule has 0 radical (unpaired) electrons. The van der Waals surface area contributed by atoms with Crippen molar-refractivity contribution in [3.63, 3.8) is 0 Å². The number of aromatic nitrogens is 2. The third-order valence-corrected chi connectivity index (χ3v) is 3.96. The van der Waals surface area contributed by atoms with E-state index in [1.807, 2.05) is 40.2 Å². The summed E-state index contributed by atoms with van der Waals surface area (Å²) in [4.78, 5) is 11.9. The smallest absolute Gasteiger partial charge is 0.407 e. The number of carbonyl (C=O) groups excluding carboxylic acids is 1. The van der Waals surface area contributed by atoms with Crippen LogP contribution >= 0.6 is 0 Å². The summed E-state index contributed by atoms with van der Waals surface area (Å²) < 4.78 is 7.12. The van der Waals surface area contributed by atoms with Crippen molar-refractivity contribution in [1.82, 2.24) is 20.4 Å². The summed E-state index contributed by atoms with van der Waals surface area (Å²) in [6, 6.07) is 0. The van der Waals surface area contributed by atoms with E-state index < -0.39 is 5.60 Å². The summed E-state index contributed by atoms with van der Waals surface area (Å²) in [6.45, 7) is 6.99. The zero-order chi connectivity index (χ0) is 16.2. The highest BCUT2D eigenvalue weighted by Gasteiger charge is 2.34. The first-order valence-corrected chi connectivity index (χ1v) is 7.97. The maximum absolute atomic E-state index is 11.9. The van der Waals surface area contributed by atoms with Crippen molar-refractivity contribution in [2.45, 2.75) is 64.1 Å².